The maximum atomic E-state index is 12.3. The zero-order valence-electron chi connectivity index (χ0n) is 14.5. The number of nitrogens with zero attached hydrogens (tertiary/aromatic N) is 1. The average molecular weight is 381 g/mol. The molecule has 27 heavy (non-hydrogen) atoms. The summed E-state index contributed by atoms with van der Waals surface area (Å²) >= 11 is 0. The molecule has 0 radical (unpaired) electrons. The van der Waals surface area contributed by atoms with E-state index >= 15 is 0 Å². The minimum Gasteiger partial charge on any atom is -0.484 e. The van der Waals surface area contributed by atoms with Gasteiger partial charge in [0.05, 0.1) is 12.0 Å². The van der Waals surface area contributed by atoms with Crippen LogP contribution in [-0.2, 0) is 17.8 Å². The van der Waals surface area contributed by atoms with E-state index in [4.69, 9.17) is 5.11 Å². The van der Waals surface area contributed by atoms with Gasteiger partial charge < -0.3 is 14.7 Å². The molecule has 0 bridgehead atoms. The summed E-state index contributed by atoms with van der Waals surface area (Å²) in [6.45, 7) is -1.11. The lowest BCUT2D eigenvalue weighted by Crippen LogP contribution is -2.27. The number of halogens is 3. The SMILES string of the molecule is CN(Cc1ccc(C(=O)O)cc1)C(=O)Cc1cccc(OCC(F)(F)F)c1. The zero-order valence-corrected chi connectivity index (χ0v) is 14.5. The van der Waals surface area contributed by atoms with Crippen LogP contribution in [0, 0.1) is 0 Å². The van der Waals surface area contributed by atoms with Gasteiger partial charge in [-0.15, -0.1) is 0 Å². The number of amides is 1. The molecule has 2 aromatic rings. The second kappa shape index (κ2) is 8.57. The van der Waals surface area contributed by atoms with Crippen LogP contribution in [0.4, 0.5) is 13.2 Å². The number of carboxylic acids is 1. The molecule has 1 N–H and O–H groups in total. The van der Waals surface area contributed by atoms with E-state index in [1.54, 1.807) is 25.2 Å². The highest BCUT2D eigenvalue weighted by Gasteiger charge is 2.28. The number of carbonyl (C=O) groups is 2. The van der Waals surface area contributed by atoms with Crippen LogP contribution >= 0.6 is 0 Å². The smallest absolute Gasteiger partial charge is 0.422 e. The number of hydrogen-bond donors (Lipinski definition) is 1. The Labute approximate surface area is 154 Å². The quantitative estimate of drug-likeness (QED) is 0.797. The molecule has 0 saturated heterocycles. The predicted molar refractivity (Wildman–Crippen MR) is 91.6 cm³/mol. The summed E-state index contributed by atoms with van der Waals surface area (Å²) in [6, 6.07) is 12.1. The van der Waals surface area contributed by atoms with E-state index in [0.717, 1.165) is 5.56 Å². The number of likely N-dealkylation sites (N-methyl/N-ethyl adjacent to an activating group) is 1. The topological polar surface area (TPSA) is 66.8 Å². The van der Waals surface area contributed by atoms with Gasteiger partial charge in [0.25, 0.3) is 0 Å². The molecule has 0 saturated carbocycles. The maximum absolute atomic E-state index is 12.3. The van der Waals surface area contributed by atoms with Crippen LogP contribution in [0.15, 0.2) is 48.5 Å². The van der Waals surface area contributed by atoms with Gasteiger partial charge >= 0.3 is 12.1 Å². The van der Waals surface area contributed by atoms with E-state index in [1.807, 2.05) is 0 Å². The Morgan fingerprint density at radius 3 is 2.33 bits per heavy atom. The first-order chi connectivity index (χ1) is 12.6. The molecule has 8 heteroatoms. The molecule has 1 amide bonds. The fraction of sp³-hybridized carbons (Fsp3) is 0.263. The van der Waals surface area contributed by atoms with Crippen molar-refractivity contribution in [2.45, 2.75) is 19.1 Å². The third-order valence-electron chi connectivity index (χ3n) is 3.70. The van der Waals surface area contributed by atoms with E-state index < -0.39 is 18.8 Å². The van der Waals surface area contributed by atoms with Crippen molar-refractivity contribution in [3.8, 4) is 5.75 Å². The molecule has 0 heterocycles. The third-order valence-corrected chi connectivity index (χ3v) is 3.70. The summed E-state index contributed by atoms with van der Waals surface area (Å²) in [5, 5.41) is 8.88. The molecule has 2 aromatic carbocycles. The van der Waals surface area contributed by atoms with Crippen LogP contribution in [0.1, 0.15) is 21.5 Å². The van der Waals surface area contributed by atoms with Crippen LogP contribution in [-0.4, -0.2) is 41.7 Å². The monoisotopic (exact) mass is 381 g/mol. The van der Waals surface area contributed by atoms with Gasteiger partial charge in [0.1, 0.15) is 5.75 Å². The van der Waals surface area contributed by atoms with Crippen molar-refractivity contribution >= 4 is 11.9 Å². The van der Waals surface area contributed by atoms with Gasteiger partial charge in [0, 0.05) is 13.6 Å². The minimum atomic E-state index is -4.43. The second-order valence-electron chi connectivity index (χ2n) is 5.98. The lowest BCUT2D eigenvalue weighted by molar-refractivity contribution is -0.153. The van der Waals surface area contributed by atoms with Crippen LogP contribution in [0.3, 0.4) is 0 Å². The summed E-state index contributed by atoms with van der Waals surface area (Å²) < 4.78 is 41.3. The zero-order chi connectivity index (χ0) is 20.0. The molecule has 144 valence electrons. The van der Waals surface area contributed by atoms with Crippen molar-refractivity contribution in [2.75, 3.05) is 13.7 Å². The molecular formula is C19H18F3NO4. The van der Waals surface area contributed by atoms with Gasteiger partial charge in [-0.3, -0.25) is 4.79 Å². The lowest BCUT2D eigenvalue weighted by atomic mass is 10.1. The highest BCUT2D eigenvalue weighted by Crippen LogP contribution is 2.20. The number of ether oxygens (including phenoxy) is 1. The van der Waals surface area contributed by atoms with Crippen LogP contribution < -0.4 is 4.74 Å². The Kier molecular flexibility index (Phi) is 6.44. The van der Waals surface area contributed by atoms with Crippen LogP contribution in [0.5, 0.6) is 5.75 Å². The molecule has 0 spiro atoms. The minimum absolute atomic E-state index is 0.00687. The van der Waals surface area contributed by atoms with E-state index in [9.17, 15) is 22.8 Å². The molecule has 0 unspecified atom stereocenters. The number of hydrogen-bond acceptors (Lipinski definition) is 3. The third kappa shape index (κ3) is 6.65. The average Bonchev–Trinajstić information content (AvgIpc) is 2.60. The number of alkyl halides is 3. The Bertz CT molecular complexity index is 803. The normalized spacial score (nSPS) is 11.1. The largest absolute Gasteiger partial charge is 0.484 e. The van der Waals surface area contributed by atoms with Crippen molar-refractivity contribution in [3.05, 3.63) is 65.2 Å². The van der Waals surface area contributed by atoms with E-state index in [1.165, 1.54) is 35.2 Å². The molecule has 0 aliphatic carbocycles. The van der Waals surface area contributed by atoms with Crippen molar-refractivity contribution in [2.24, 2.45) is 0 Å². The summed E-state index contributed by atoms with van der Waals surface area (Å²) in [7, 11) is 1.59. The molecule has 0 aromatic heterocycles. The summed E-state index contributed by atoms with van der Waals surface area (Å²) in [5.74, 6) is -1.21. The molecule has 0 aliphatic heterocycles. The standard InChI is InChI=1S/C19H18F3NO4/c1-23(11-13-5-7-15(8-6-13)18(25)26)17(24)10-14-3-2-4-16(9-14)27-12-19(20,21)22/h2-9H,10-12H2,1H3,(H,25,26). The first-order valence-electron chi connectivity index (χ1n) is 7.99. The van der Waals surface area contributed by atoms with Crippen LogP contribution in [0.25, 0.3) is 0 Å². The van der Waals surface area contributed by atoms with Crippen molar-refractivity contribution in [1.82, 2.24) is 4.90 Å². The Morgan fingerprint density at radius 1 is 1.07 bits per heavy atom. The molecule has 0 aliphatic rings. The number of aromatic carboxylic acids is 1. The van der Waals surface area contributed by atoms with E-state index in [2.05, 4.69) is 4.74 Å². The molecule has 2 rings (SSSR count). The molecule has 0 fully saturated rings. The number of rotatable bonds is 7. The van der Waals surface area contributed by atoms with E-state index in [-0.39, 0.29) is 30.2 Å². The van der Waals surface area contributed by atoms with Gasteiger partial charge in [0.2, 0.25) is 5.91 Å². The van der Waals surface area contributed by atoms with E-state index in [0.29, 0.717) is 5.56 Å². The first kappa shape index (κ1) is 20.3. The first-order valence-corrected chi connectivity index (χ1v) is 7.99. The summed E-state index contributed by atoms with van der Waals surface area (Å²) in [5.41, 5.74) is 1.45. The highest BCUT2D eigenvalue weighted by molar-refractivity contribution is 5.87. The molecular weight excluding hydrogens is 363 g/mol. The Morgan fingerprint density at radius 2 is 1.74 bits per heavy atom. The number of benzene rings is 2. The fourth-order valence-corrected chi connectivity index (χ4v) is 2.33. The maximum Gasteiger partial charge on any atom is 0.422 e. The summed E-state index contributed by atoms with van der Waals surface area (Å²) in [6.07, 6.45) is -4.42. The Hall–Kier alpha value is -3.03. The highest BCUT2D eigenvalue weighted by atomic mass is 19.4. The van der Waals surface area contributed by atoms with Crippen LogP contribution in [0.2, 0.25) is 0 Å². The number of carbonyl (C=O) groups excluding carboxylic acids is 1. The predicted octanol–water partition coefficient (Wildman–Crippen LogP) is 3.53. The molecule has 0 atom stereocenters. The van der Waals surface area contributed by atoms with Gasteiger partial charge in [-0.1, -0.05) is 24.3 Å². The summed E-state index contributed by atoms with van der Waals surface area (Å²) in [4.78, 5) is 24.6. The van der Waals surface area contributed by atoms with Gasteiger partial charge in [-0.2, -0.15) is 13.2 Å². The van der Waals surface area contributed by atoms with Gasteiger partial charge in [-0.25, -0.2) is 4.79 Å². The lowest BCUT2D eigenvalue weighted by Gasteiger charge is -2.18. The van der Waals surface area contributed by atoms with Crippen molar-refractivity contribution in [1.29, 1.82) is 0 Å². The van der Waals surface area contributed by atoms with Gasteiger partial charge in [-0.05, 0) is 35.4 Å². The second-order valence-corrected chi connectivity index (χ2v) is 5.98. The van der Waals surface area contributed by atoms with Crippen molar-refractivity contribution in [3.63, 3.8) is 0 Å². The van der Waals surface area contributed by atoms with Gasteiger partial charge in [0.15, 0.2) is 6.61 Å². The number of carboxylic acid groups (broad SMARTS) is 1. The fourth-order valence-electron chi connectivity index (χ4n) is 2.33. The molecule has 5 nitrogen and oxygen atoms in total. The Balaban J connectivity index is 1.94. The van der Waals surface area contributed by atoms with Crippen molar-refractivity contribution < 1.29 is 32.6 Å².